The number of anilines is 1. The Morgan fingerprint density at radius 2 is 2.23 bits per heavy atom. The summed E-state index contributed by atoms with van der Waals surface area (Å²) in [6.07, 6.45) is 2.45. The van der Waals surface area contributed by atoms with Gasteiger partial charge in [-0.2, -0.15) is 5.26 Å². The second kappa shape index (κ2) is 5.24. The van der Waals surface area contributed by atoms with Crippen LogP contribution in [0.15, 0.2) is 28.7 Å². The van der Waals surface area contributed by atoms with Crippen molar-refractivity contribution in [3.8, 4) is 6.07 Å². The van der Waals surface area contributed by atoms with Gasteiger partial charge in [0.25, 0.3) is 10.0 Å². The highest BCUT2D eigenvalue weighted by Gasteiger charge is 2.20. The molecule has 0 unspecified atom stereocenters. The first-order valence-electron chi connectivity index (χ1n) is 5.76. The van der Waals surface area contributed by atoms with Crippen LogP contribution in [0.3, 0.4) is 0 Å². The monoisotopic (exact) mass is 356 g/mol. The normalized spacial score (nSPS) is 11.5. The van der Waals surface area contributed by atoms with Crippen LogP contribution >= 0.6 is 22.9 Å². The average Bonchev–Trinajstić information content (AvgIpc) is 3.08. The second-order valence-corrected chi connectivity index (χ2v) is 7.72. The summed E-state index contributed by atoms with van der Waals surface area (Å²) in [6.45, 7) is 0. The number of halogens is 2. The molecule has 0 aliphatic carbocycles. The Kier molecular flexibility index (Phi) is 3.52. The van der Waals surface area contributed by atoms with E-state index in [1.807, 2.05) is 6.07 Å². The van der Waals surface area contributed by atoms with Crippen LogP contribution in [-0.4, -0.2) is 18.4 Å². The number of H-pyrrole nitrogens is 1. The Morgan fingerprint density at radius 3 is 2.86 bits per heavy atom. The number of aromatic nitrogens is 2. The van der Waals surface area contributed by atoms with E-state index in [-0.39, 0.29) is 30.8 Å². The number of rotatable bonds is 3. The lowest BCUT2D eigenvalue weighted by Crippen LogP contribution is -2.12. The molecule has 0 saturated heterocycles. The summed E-state index contributed by atoms with van der Waals surface area (Å²) in [7, 11) is -3.90. The number of benzene rings is 1. The summed E-state index contributed by atoms with van der Waals surface area (Å²) >= 11 is 6.43. The van der Waals surface area contributed by atoms with Crippen LogP contribution in [0.1, 0.15) is 5.56 Å². The zero-order valence-electron chi connectivity index (χ0n) is 10.6. The Labute approximate surface area is 133 Å². The maximum atomic E-state index is 13.8. The summed E-state index contributed by atoms with van der Waals surface area (Å²) in [6, 6.07) is 4.21. The molecule has 0 amide bonds. The third kappa shape index (κ3) is 2.41. The predicted molar refractivity (Wildman–Crippen MR) is 80.9 cm³/mol. The minimum absolute atomic E-state index is 0.0324. The molecule has 0 radical (unpaired) electrons. The molecule has 0 saturated carbocycles. The lowest BCUT2D eigenvalue weighted by Gasteiger charge is -2.07. The topological polar surface area (TPSA) is 98.6 Å². The number of nitrogens with one attached hydrogen (secondary N) is 2. The quantitative estimate of drug-likeness (QED) is 0.753. The summed E-state index contributed by atoms with van der Waals surface area (Å²) < 4.78 is 40.7. The molecular formula is C12H6ClFN4O2S2. The SMILES string of the molecule is N#Cc1c[nH]c2c(NS(=O)(=O)c3cnc(Cl)s3)ccc(F)c12. The van der Waals surface area contributed by atoms with Crippen LogP contribution in [0.2, 0.25) is 4.47 Å². The lowest BCUT2D eigenvalue weighted by molar-refractivity contribution is 0.603. The highest BCUT2D eigenvalue weighted by molar-refractivity contribution is 7.94. The van der Waals surface area contributed by atoms with Gasteiger partial charge in [0.15, 0.2) is 8.68 Å². The predicted octanol–water partition coefficient (Wildman–Crippen LogP) is 3.09. The van der Waals surface area contributed by atoms with E-state index in [1.165, 1.54) is 12.3 Å². The Hall–Kier alpha value is -2.15. The number of fused-ring (bicyclic) bond motifs is 1. The van der Waals surface area contributed by atoms with Gasteiger partial charge in [0, 0.05) is 6.20 Å². The van der Waals surface area contributed by atoms with Crippen molar-refractivity contribution in [1.82, 2.24) is 9.97 Å². The molecule has 112 valence electrons. The lowest BCUT2D eigenvalue weighted by atomic mass is 10.1. The average molecular weight is 357 g/mol. The summed E-state index contributed by atoms with van der Waals surface area (Å²) in [5.41, 5.74) is 0.410. The molecule has 0 bridgehead atoms. The van der Waals surface area contributed by atoms with Crippen LogP contribution in [0, 0.1) is 17.1 Å². The number of aromatic amines is 1. The number of hydrogen-bond acceptors (Lipinski definition) is 5. The molecule has 2 N–H and O–H groups in total. The Bertz CT molecular complexity index is 1020. The molecule has 0 aliphatic heterocycles. The highest BCUT2D eigenvalue weighted by atomic mass is 35.5. The van der Waals surface area contributed by atoms with Gasteiger partial charge in [-0.1, -0.05) is 22.9 Å². The third-order valence-electron chi connectivity index (χ3n) is 2.87. The fourth-order valence-corrected chi connectivity index (χ4v) is 4.30. The largest absolute Gasteiger partial charge is 0.358 e. The molecule has 6 nitrogen and oxygen atoms in total. The molecule has 3 rings (SSSR count). The van der Waals surface area contributed by atoms with Crippen molar-refractivity contribution in [3.63, 3.8) is 0 Å². The maximum absolute atomic E-state index is 13.8. The number of sulfonamides is 1. The number of nitrogens with zero attached hydrogens (tertiary/aromatic N) is 2. The number of thiazole rings is 1. The number of hydrogen-bond donors (Lipinski definition) is 2. The molecular weight excluding hydrogens is 351 g/mol. The zero-order valence-corrected chi connectivity index (χ0v) is 13.0. The van der Waals surface area contributed by atoms with Crippen LogP contribution in [-0.2, 0) is 10.0 Å². The molecule has 0 aliphatic rings. The first kappa shape index (κ1) is 14.8. The molecule has 1 aromatic carbocycles. The van der Waals surface area contributed by atoms with Gasteiger partial charge < -0.3 is 4.98 Å². The van der Waals surface area contributed by atoms with Crippen molar-refractivity contribution >= 4 is 49.6 Å². The van der Waals surface area contributed by atoms with Crippen LogP contribution in [0.25, 0.3) is 10.9 Å². The molecule has 0 fully saturated rings. The Balaban J connectivity index is 2.11. The fourth-order valence-electron chi connectivity index (χ4n) is 1.94. The van der Waals surface area contributed by atoms with E-state index in [0.717, 1.165) is 23.6 Å². The summed E-state index contributed by atoms with van der Waals surface area (Å²) in [4.78, 5) is 6.37. The van der Waals surface area contributed by atoms with Crippen molar-refractivity contribution < 1.29 is 12.8 Å². The van der Waals surface area contributed by atoms with Gasteiger partial charge in [-0.05, 0) is 12.1 Å². The maximum Gasteiger partial charge on any atom is 0.273 e. The van der Waals surface area contributed by atoms with Crippen molar-refractivity contribution in [2.45, 2.75) is 4.21 Å². The summed E-state index contributed by atoms with van der Waals surface area (Å²) in [5.74, 6) is -0.614. The van der Waals surface area contributed by atoms with Crippen molar-refractivity contribution in [3.05, 3.63) is 40.4 Å². The minimum atomic E-state index is -3.90. The van der Waals surface area contributed by atoms with Gasteiger partial charge in [-0.25, -0.2) is 17.8 Å². The molecule has 0 atom stereocenters. The minimum Gasteiger partial charge on any atom is -0.358 e. The molecule has 2 heterocycles. The molecule has 10 heteroatoms. The summed E-state index contributed by atoms with van der Waals surface area (Å²) in [5, 5.41) is 8.99. The van der Waals surface area contributed by atoms with Gasteiger partial charge in [0.2, 0.25) is 0 Å². The van der Waals surface area contributed by atoms with Crippen molar-refractivity contribution in [1.29, 1.82) is 5.26 Å². The van der Waals surface area contributed by atoms with Gasteiger partial charge in [-0.3, -0.25) is 4.72 Å². The first-order valence-corrected chi connectivity index (χ1v) is 8.44. The van der Waals surface area contributed by atoms with E-state index in [2.05, 4.69) is 14.7 Å². The number of nitriles is 1. The standard InChI is InChI=1S/C12H6ClFN4O2S2/c13-12-17-5-9(21-12)22(19,20)18-8-2-1-7(14)10-6(3-15)4-16-11(8)10/h1-2,4-5,16,18H. The molecule has 3 aromatic rings. The smallest absolute Gasteiger partial charge is 0.273 e. The molecule has 2 aromatic heterocycles. The fraction of sp³-hybridized carbons (Fsp3) is 0. The van der Waals surface area contributed by atoms with Crippen LogP contribution < -0.4 is 4.72 Å². The van der Waals surface area contributed by atoms with Gasteiger partial charge >= 0.3 is 0 Å². The Morgan fingerprint density at radius 1 is 1.45 bits per heavy atom. The van der Waals surface area contributed by atoms with E-state index in [1.54, 1.807) is 0 Å². The van der Waals surface area contributed by atoms with Gasteiger partial charge in [0.05, 0.1) is 28.4 Å². The highest BCUT2D eigenvalue weighted by Crippen LogP contribution is 2.30. The van der Waals surface area contributed by atoms with Crippen LogP contribution in [0.5, 0.6) is 0 Å². The molecule has 22 heavy (non-hydrogen) atoms. The van der Waals surface area contributed by atoms with Crippen molar-refractivity contribution in [2.75, 3.05) is 4.72 Å². The van der Waals surface area contributed by atoms with E-state index in [9.17, 15) is 12.8 Å². The second-order valence-electron chi connectivity index (χ2n) is 4.20. The first-order chi connectivity index (χ1) is 10.4. The van der Waals surface area contributed by atoms with E-state index in [0.29, 0.717) is 0 Å². The van der Waals surface area contributed by atoms with Gasteiger partial charge in [0.1, 0.15) is 11.9 Å². The van der Waals surface area contributed by atoms with Crippen molar-refractivity contribution in [2.24, 2.45) is 0 Å². The van der Waals surface area contributed by atoms with E-state index in [4.69, 9.17) is 16.9 Å². The molecule has 0 spiro atoms. The van der Waals surface area contributed by atoms with E-state index >= 15 is 0 Å². The van der Waals surface area contributed by atoms with Gasteiger partial charge in [-0.15, -0.1) is 0 Å². The van der Waals surface area contributed by atoms with Crippen LogP contribution in [0.4, 0.5) is 10.1 Å². The van der Waals surface area contributed by atoms with E-state index < -0.39 is 15.8 Å². The zero-order chi connectivity index (χ0) is 15.9. The third-order valence-corrected chi connectivity index (χ3v) is 5.81.